The summed E-state index contributed by atoms with van der Waals surface area (Å²) in [5, 5.41) is 14.7. The molecule has 1 aliphatic rings. The van der Waals surface area contributed by atoms with Crippen molar-refractivity contribution in [3.8, 4) is 0 Å². The van der Waals surface area contributed by atoms with E-state index in [9.17, 15) is 37.1 Å². The van der Waals surface area contributed by atoms with Crippen LogP contribution in [0.1, 0.15) is 47.9 Å². The molecule has 4 amide bonds. The van der Waals surface area contributed by atoms with Gasteiger partial charge >= 0.3 is 12.1 Å². The van der Waals surface area contributed by atoms with Gasteiger partial charge in [0.25, 0.3) is 11.8 Å². The maximum Gasteiger partial charge on any atom is 0.490 e. The number of para-hydroxylation sites is 2. The molecule has 0 radical (unpaired) electrons. The number of aromatic nitrogens is 1. The summed E-state index contributed by atoms with van der Waals surface area (Å²) in [5.41, 5.74) is 1.54. The maximum absolute atomic E-state index is 13.9. The van der Waals surface area contributed by atoms with Crippen molar-refractivity contribution in [2.45, 2.75) is 39.4 Å². The van der Waals surface area contributed by atoms with Crippen molar-refractivity contribution in [2.24, 2.45) is 5.92 Å². The molecule has 244 valence electrons. The third-order valence-corrected chi connectivity index (χ3v) is 7.46. The van der Waals surface area contributed by atoms with E-state index in [1.807, 2.05) is 6.92 Å². The predicted octanol–water partition coefficient (Wildman–Crippen LogP) is 4.14. The Morgan fingerprint density at radius 1 is 1.04 bits per heavy atom. The van der Waals surface area contributed by atoms with Gasteiger partial charge in [0.05, 0.1) is 17.9 Å². The quantitative estimate of drug-likeness (QED) is 0.303. The van der Waals surface area contributed by atoms with Gasteiger partial charge in [0.2, 0.25) is 11.8 Å². The monoisotopic (exact) mass is 661 g/mol. The zero-order chi connectivity index (χ0) is 34.2. The van der Waals surface area contributed by atoms with Gasteiger partial charge in [-0.25, -0.2) is 9.78 Å². The summed E-state index contributed by atoms with van der Waals surface area (Å²) >= 11 is 1.25. The van der Waals surface area contributed by atoms with E-state index in [-0.39, 0.29) is 30.7 Å². The molecule has 16 heteroatoms. The number of aliphatic carboxylic acids is 1. The molecular weight excluding hydrogens is 631 g/mol. The summed E-state index contributed by atoms with van der Waals surface area (Å²) in [6.45, 7) is 4.57. The summed E-state index contributed by atoms with van der Waals surface area (Å²) in [6, 6.07) is 11.9. The molecule has 3 N–H and O–H groups in total. The minimum absolute atomic E-state index is 0.126. The largest absolute Gasteiger partial charge is 0.490 e. The molecule has 2 heterocycles. The number of hydrogen-bond donors (Lipinski definition) is 3. The molecule has 3 aromatic rings. The maximum atomic E-state index is 13.9. The Bertz CT molecular complexity index is 1600. The van der Waals surface area contributed by atoms with E-state index in [2.05, 4.69) is 15.6 Å². The number of nitrogens with one attached hydrogen (secondary N) is 2. The van der Waals surface area contributed by atoms with Crippen LogP contribution in [0.25, 0.3) is 0 Å². The molecule has 1 aliphatic heterocycles. The number of hydrogen-bond acceptors (Lipinski definition) is 8. The van der Waals surface area contributed by atoms with Crippen LogP contribution in [0.3, 0.4) is 0 Å². The number of carbonyl (C=O) groups is 6. The minimum atomic E-state index is -5.08. The summed E-state index contributed by atoms with van der Waals surface area (Å²) in [5.74, 6) is -4.97. The van der Waals surface area contributed by atoms with Gasteiger partial charge in [-0.3, -0.25) is 28.9 Å². The van der Waals surface area contributed by atoms with E-state index in [1.165, 1.54) is 28.1 Å². The molecule has 4 rings (SSSR count). The highest BCUT2D eigenvalue weighted by Crippen LogP contribution is 2.34. The molecule has 0 unspecified atom stereocenters. The highest BCUT2D eigenvalue weighted by Gasteiger charge is 2.39. The van der Waals surface area contributed by atoms with E-state index in [0.717, 1.165) is 0 Å². The lowest BCUT2D eigenvalue weighted by Crippen LogP contribution is -2.54. The Morgan fingerprint density at radius 3 is 2.15 bits per heavy atom. The van der Waals surface area contributed by atoms with E-state index in [0.29, 0.717) is 34.1 Å². The molecule has 46 heavy (non-hydrogen) atoms. The van der Waals surface area contributed by atoms with Crippen molar-refractivity contribution < 1.29 is 47.0 Å². The number of alkyl halides is 3. The normalized spacial score (nSPS) is 15.0. The van der Waals surface area contributed by atoms with Gasteiger partial charge in [-0.1, -0.05) is 38.1 Å². The average molecular weight is 662 g/mol. The van der Waals surface area contributed by atoms with E-state index < -0.39 is 35.9 Å². The van der Waals surface area contributed by atoms with Gasteiger partial charge in [-0.2, -0.15) is 13.2 Å². The van der Waals surface area contributed by atoms with E-state index in [1.54, 1.807) is 67.0 Å². The zero-order valence-electron chi connectivity index (χ0n) is 24.8. The van der Waals surface area contributed by atoms with Crippen LogP contribution in [0.15, 0.2) is 60.1 Å². The lowest BCUT2D eigenvalue weighted by molar-refractivity contribution is -0.192. The molecule has 0 saturated carbocycles. The molecule has 1 aromatic heterocycles. The highest BCUT2D eigenvalue weighted by atomic mass is 32.1. The molecule has 0 spiro atoms. The van der Waals surface area contributed by atoms with Crippen LogP contribution < -0.4 is 20.4 Å². The highest BCUT2D eigenvalue weighted by molar-refractivity contribution is 7.13. The van der Waals surface area contributed by atoms with Crippen LogP contribution in [0.2, 0.25) is 0 Å². The van der Waals surface area contributed by atoms with Crippen molar-refractivity contribution in [3.63, 3.8) is 0 Å². The average Bonchev–Trinajstić information content (AvgIpc) is 3.50. The van der Waals surface area contributed by atoms with Crippen LogP contribution in [-0.2, 0) is 19.2 Å². The van der Waals surface area contributed by atoms with Gasteiger partial charge in [-0.15, -0.1) is 11.3 Å². The van der Waals surface area contributed by atoms with Crippen molar-refractivity contribution in [1.82, 2.24) is 10.3 Å². The lowest BCUT2D eigenvalue weighted by atomic mass is 10.1. The Kier molecular flexibility index (Phi) is 11.7. The summed E-state index contributed by atoms with van der Waals surface area (Å²) in [7, 11) is 0. The molecule has 0 bridgehead atoms. The van der Waals surface area contributed by atoms with Crippen LogP contribution >= 0.6 is 11.3 Å². The van der Waals surface area contributed by atoms with E-state index >= 15 is 0 Å². The second-order valence-electron chi connectivity index (χ2n) is 10.0. The van der Waals surface area contributed by atoms with Crippen molar-refractivity contribution in [3.05, 3.63) is 71.2 Å². The fraction of sp³-hybridized carbons (Fsp3) is 0.300. The number of thiazole rings is 1. The summed E-state index contributed by atoms with van der Waals surface area (Å²) < 4.78 is 31.7. The van der Waals surface area contributed by atoms with Crippen LogP contribution in [0, 0.1) is 5.92 Å². The first-order valence-corrected chi connectivity index (χ1v) is 14.6. The van der Waals surface area contributed by atoms with Gasteiger partial charge < -0.3 is 20.6 Å². The number of nitrogens with zero attached hydrogens (tertiary/aromatic N) is 3. The first-order valence-electron chi connectivity index (χ1n) is 13.8. The number of benzene rings is 2. The molecule has 0 fully saturated rings. The van der Waals surface area contributed by atoms with Crippen molar-refractivity contribution in [2.75, 3.05) is 28.2 Å². The van der Waals surface area contributed by atoms with Crippen LogP contribution in [0.4, 0.5) is 29.7 Å². The number of halogens is 3. The second kappa shape index (κ2) is 15.2. The topological polar surface area (TPSA) is 166 Å². The number of fused-ring (bicyclic) bond motifs is 1. The van der Waals surface area contributed by atoms with Crippen molar-refractivity contribution >= 4 is 63.2 Å². The third-order valence-electron chi connectivity index (χ3n) is 6.78. The lowest BCUT2D eigenvalue weighted by Gasteiger charge is -2.26. The Balaban J connectivity index is 0.000000738. The first kappa shape index (κ1) is 35.4. The summed E-state index contributed by atoms with van der Waals surface area (Å²) in [4.78, 5) is 80.8. The van der Waals surface area contributed by atoms with Gasteiger partial charge in [-0.05, 0) is 37.6 Å². The van der Waals surface area contributed by atoms with Gasteiger partial charge in [0, 0.05) is 28.6 Å². The Morgan fingerprint density at radius 2 is 1.63 bits per heavy atom. The third kappa shape index (κ3) is 8.97. The van der Waals surface area contributed by atoms with Gasteiger partial charge in [0.1, 0.15) is 12.6 Å². The smallest absolute Gasteiger partial charge is 0.475 e. The van der Waals surface area contributed by atoms with E-state index in [4.69, 9.17) is 9.90 Å². The molecule has 2 aromatic carbocycles. The first-order chi connectivity index (χ1) is 21.6. The van der Waals surface area contributed by atoms with Crippen molar-refractivity contribution in [1.29, 1.82) is 0 Å². The SMILES string of the molecule is CC[C@@H](C)C(=O)N[C@H]1CN(C(=O)c2ccc(C(C)=O)cc2)c2ccccc2N(CC(=O)Nc2nccs2)C1=O.O=C(O)C(F)(F)F. The summed E-state index contributed by atoms with van der Waals surface area (Å²) in [6.07, 6.45) is -2.96. The predicted molar refractivity (Wildman–Crippen MR) is 163 cm³/mol. The fourth-order valence-corrected chi connectivity index (χ4v) is 4.68. The number of carboxylic acids is 1. The zero-order valence-corrected chi connectivity index (χ0v) is 25.6. The second-order valence-corrected chi connectivity index (χ2v) is 10.9. The number of anilines is 3. The molecular formula is C30H30F3N5O7S. The number of rotatable bonds is 8. The number of carboxylic acid groups (broad SMARTS) is 1. The standard InChI is InChI=1S/C28H29N5O5S.C2HF3O2/c1-4-17(2)25(36)30-21-15-32(26(37)20-11-9-19(10-12-20)18(3)34)22-7-5-6-8-23(22)33(27(21)38)16-24(35)31-28-29-13-14-39-28;3-2(4,5)1(6)7/h5-14,17,21H,4,15-16H2,1-3H3,(H,30,36)(H,29,31,35);(H,6,7)/t17-,21+;/m1./s1. The number of amides is 4. The number of ketones is 1. The fourth-order valence-electron chi connectivity index (χ4n) is 4.14. The number of carbonyl (C=O) groups excluding carboxylic acids is 5. The molecule has 0 aliphatic carbocycles. The Labute approximate surface area is 265 Å². The minimum Gasteiger partial charge on any atom is -0.475 e. The Hall–Kier alpha value is -5.12. The molecule has 2 atom stereocenters. The number of Topliss-reactive ketones (excluding diaryl/α,β-unsaturated/α-hetero) is 1. The molecule has 12 nitrogen and oxygen atoms in total. The molecule has 0 saturated heterocycles. The van der Waals surface area contributed by atoms with Gasteiger partial charge in [0.15, 0.2) is 10.9 Å². The van der Waals surface area contributed by atoms with Crippen LogP contribution in [0.5, 0.6) is 0 Å². The van der Waals surface area contributed by atoms with Crippen LogP contribution in [-0.4, -0.2) is 70.8 Å².